The van der Waals surface area contributed by atoms with Crippen molar-refractivity contribution in [2.45, 2.75) is 32.4 Å². The van der Waals surface area contributed by atoms with Gasteiger partial charge in [-0.15, -0.1) is 0 Å². The summed E-state index contributed by atoms with van der Waals surface area (Å²) in [5, 5.41) is 0. The molecule has 1 unspecified atom stereocenters. The quantitative estimate of drug-likeness (QED) is 0.843. The first-order chi connectivity index (χ1) is 9.74. The van der Waals surface area contributed by atoms with Gasteiger partial charge in [0.15, 0.2) is 0 Å². The third-order valence-corrected chi connectivity index (χ3v) is 4.53. The molecule has 1 aromatic heterocycles. The number of benzene rings is 1. The summed E-state index contributed by atoms with van der Waals surface area (Å²) in [5.74, 6) is 0. The number of aromatic amines is 1. The molecular weight excluding hydrogens is 264 g/mol. The molecule has 0 saturated carbocycles. The maximum absolute atomic E-state index is 5.25. The first-order valence-corrected chi connectivity index (χ1v) is 7.62. The molecule has 2 heterocycles. The Bertz CT molecular complexity index is 633. The lowest BCUT2D eigenvalue weighted by atomic mass is 10.0. The molecule has 0 bridgehead atoms. The fourth-order valence-corrected chi connectivity index (χ4v) is 3.14. The van der Waals surface area contributed by atoms with Crippen molar-refractivity contribution in [2.24, 2.45) is 0 Å². The predicted molar refractivity (Wildman–Crippen MR) is 85.2 cm³/mol. The van der Waals surface area contributed by atoms with Crippen LogP contribution in [-0.4, -0.2) is 16.4 Å². The Morgan fingerprint density at radius 1 is 1.30 bits per heavy atom. The Balaban J connectivity index is 1.81. The second kappa shape index (κ2) is 5.90. The smallest absolute Gasteiger partial charge is 0.106 e. The minimum Gasteiger partial charge on any atom is -0.352 e. The van der Waals surface area contributed by atoms with Crippen LogP contribution in [-0.2, 0) is 6.54 Å². The zero-order chi connectivity index (χ0) is 13.9. The molecule has 20 heavy (non-hydrogen) atoms. The molecule has 0 spiro atoms. The van der Waals surface area contributed by atoms with E-state index in [-0.39, 0.29) is 0 Å². The topological polar surface area (TPSA) is 19.0 Å². The lowest BCUT2D eigenvalue weighted by Crippen LogP contribution is -2.22. The van der Waals surface area contributed by atoms with E-state index >= 15 is 0 Å². The Morgan fingerprint density at radius 3 is 2.85 bits per heavy atom. The van der Waals surface area contributed by atoms with Crippen LogP contribution in [0.3, 0.4) is 0 Å². The Kier molecular flexibility index (Phi) is 3.99. The second-order valence-corrected chi connectivity index (χ2v) is 5.97. The van der Waals surface area contributed by atoms with Gasteiger partial charge in [-0.25, -0.2) is 0 Å². The Hall–Kier alpha value is -1.45. The lowest BCUT2D eigenvalue weighted by molar-refractivity contribution is 0.248. The van der Waals surface area contributed by atoms with Crippen molar-refractivity contribution in [1.29, 1.82) is 0 Å². The van der Waals surface area contributed by atoms with Gasteiger partial charge in [-0.2, -0.15) is 0 Å². The number of H-pyrrole nitrogens is 1. The SMILES string of the molecule is Cc1cc(C2CCCN2Cc2ccccc2)c[nH]c1=S. The van der Waals surface area contributed by atoms with Crippen molar-refractivity contribution < 1.29 is 0 Å². The van der Waals surface area contributed by atoms with E-state index in [9.17, 15) is 0 Å². The Labute approximate surface area is 125 Å². The van der Waals surface area contributed by atoms with Gasteiger partial charge in [0.05, 0.1) is 0 Å². The summed E-state index contributed by atoms with van der Waals surface area (Å²) < 4.78 is 0.848. The Morgan fingerprint density at radius 2 is 2.10 bits per heavy atom. The summed E-state index contributed by atoms with van der Waals surface area (Å²) in [7, 11) is 0. The number of pyridine rings is 1. The molecule has 2 nitrogen and oxygen atoms in total. The molecule has 0 amide bonds. The van der Waals surface area contributed by atoms with Crippen molar-refractivity contribution in [3.8, 4) is 0 Å². The molecule has 104 valence electrons. The summed E-state index contributed by atoms with van der Waals surface area (Å²) in [4.78, 5) is 5.79. The standard InChI is InChI=1S/C17H20N2S/c1-13-10-15(11-18-17(13)20)16-8-5-9-19(16)12-14-6-3-2-4-7-14/h2-4,6-7,10-11,16H,5,8-9,12H2,1H3,(H,18,20). The van der Waals surface area contributed by atoms with Gasteiger partial charge < -0.3 is 4.98 Å². The van der Waals surface area contributed by atoms with Gasteiger partial charge >= 0.3 is 0 Å². The van der Waals surface area contributed by atoms with E-state index in [1.54, 1.807) is 0 Å². The molecule has 1 N–H and O–H groups in total. The van der Waals surface area contributed by atoms with Gasteiger partial charge in [0.1, 0.15) is 4.64 Å². The average molecular weight is 284 g/mol. The molecule has 1 atom stereocenters. The highest BCUT2D eigenvalue weighted by Gasteiger charge is 2.26. The lowest BCUT2D eigenvalue weighted by Gasteiger charge is -2.25. The van der Waals surface area contributed by atoms with Crippen LogP contribution in [0.25, 0.3) is 0 Å². The molecule has 1 aromatic carbocycles. The molecule has 3 rings (SSSR count). The number of likely N-dealkylation sites (tertiary alicyclic amines) is 1. The molecule has 1 aliphatic heterocycles. The minimum absolute atomic E-state index is 0.515. The van der Waals surface area contributed by atoms with E-state index < -0.39 is 0 Å². The summed E-state index contributed by atoms with van der Waals surface area (Å²) in [6, 6.07) is 13.5. The highest BCUT2D eigenvalue weighted by Crippen LogP contribution is 2.33. The van der Waals surface area contributed by atoms with Crippen molar-refractivity contribution in [3.63, 3.8) is 0 Å². The van der Waals surface area contributed by atoms with Gasteiger partial charge in [-0.1, -0.05) is 48.6 Å². The summed E-state index contributed by atoms with van der Waals surface area (Å²) in [6.07, 6.45) is 4.59. The van der Waals surface area contributed by atoms with Crippen LogP contribution in [0, 0.1) is 11.6 Å². The number of aromatic nitrogens is 1. The summed E-state index contributed by atoms with van der Waals surface area (Å²) in [6.45, 7) is 4.28. The van der Waals surface area contributed by atoms with Crippen LogP contribution in [0.4, 0.5) is 0 Å². The fraction of sp³-hybridized carbons (Fsp3) is 0.353. The van der Waals surface area contributed by atoms with Gasteiger partial charge in [-0.3, -0.25) is 4.90 Å². The van der Waals surface area contributed by atoms with Gasteiger partial charge in [0.2, 0.25) is 0 Å². The first kappa shape index (κ1) is 13.5. The van der Waals surface area contributed by atoms with E-state index in [1.165, 1.54) is 36.1 Å². The summed E-state index contributed by atoms with van der Waals surface area (Å²) >= 11 is 5.25. The number of aryl methyl sites for hydroxylation is 1. The molecule has 2 aromatic rings. The monoisotopic (exact) mass is 284 g/mol. The number of hydrogen-bond donors (Lipinski definition) is 1. The number of hydrogen-bond acceptors (Lipinski definition) is 2. The normalized spacial score (nSPS) is 19.4. The highest BCUT2D eigenvalue weighted by molar-refractivity contribution is 7.71. The number of nitrogens with one attached hydrogen (secondary N) is 1. The predicted octanol–water partition coefficient (Wildman–Crippen LogP) is 4.39. The average Bonchev–Trinajstić information content (AvgIpc) is 2.91. The largest absolute Gasteiger partial charge is 0.352 e. The fourth-order valence-electron chi connectivity index (χ4n) is 3.02. The molecule has 0 aliphatic carbocycles. The zero-order valence-electron chi connectivity index (χ0n) is 11.8. The molecule has 1 fully saturated rings. The molecule has 3 heteroatoms. The third kappa shape index (κ3) is 2.84. The van der Waals surface area contributed by atoms with Gasteiger partial charge in [0.25, 0.3) is 0 Å². The van der Waals surface area contributed by atoms with Crippen LogP contribution in [0.15, 0.2) is 42.6 Å². The molecular formula is C17H20N2S. The second-order valence-electron chi connectivity index (χ2n) is 5.56. The highest BCUT2D eigenvalue weighted by atomic mass is 32.1. The van der Waals surface area contributed by atoms with E-state index in [2.05, 4.69) is 59.4 Å². The van der Waals surface area contributed by atoms with E-state index in [0.29, 0.717) is 6.04 Å². The van der Waals surface area contributed by atoms with Crippen molar-refractivity contribution >= 4 is 12.2 Å². The molecule has 0 radical (unpaired) electrons. The van der Waals surface area contributed by atoms with Crippen LogP contribution in [0.5, 0.6) is 0 Å². The number of rotatable bonds is 3. The maximum atomic E-state index is 5.25. The maximum Gasteiger partial charge on any atom is 0.106 e. The van der Waals surface area contributed by atoms with E-state index in [4.69, 9.17) is 12.2 Å². The molecule has 1 aliphatic rings. The van der Waals surface area contributed by atoms with Crippen molar-refractivity contribution in [1.82, 2.24) is 9.88 Å². The zero-order valence-corrected chi connectivity index (χ0v) is 12.6. The van der Waals surface area contributed by atoms with E-state index in [0.717, 1.165) is 11.2 Å². The molecule has 1 saturated heterocycles. The number of nitrogens with zero attached hydrogens (tertiary/aromatic N) is 1. The van der Waals surface area contributed by atoms with Crippen LogP contribution < -0.4 is 0 Å². The van der Waals surface area contributed by atoms with Crippen LogP contribution >= 0.6 is 12.2 Å². The first-order valence-electron chi connectivity index (χ1n) is 7.21. The van der Waals surface area contributed by atoms with Crippen molar-refractivity contribution in [2.75, 3.05) is 6.54 Å². The van der Waals surface area contributed by atoms with Gasteiger partial charge in [0, 0.05) is 18.8 Å². The van der Waals surface area contributed by atoms with Gasteiger partial charge in [-0.05, 0) is 43.0 Å². The van der Waals surface area contributed by atoms with Crippen LogP contribution in [0.1, 0.15) is 35.6 Å². The minimum atomic E-state index is 0.515. The third-order valence-electron chi connectivity index (χ3n) is 4.09. The van der Waals surface area contributed by atoms with Crippen molar-refractivity contribution in [3.05, 3.63) is 63.9 Å². The van der Waals surface area contributed by atoms with Crippen LogP contribution in [0.2, 0.25) is 0 Å². The summed E-state index contributed by atoms with van der Waals surface area (Å²) in [5.41, 5.74) is 3.92. The van der Waals surface area contributed by atoms with E-state index in [1.807, 2.05) is 0 Å².